The molecule has 0 aliphatic heterocycles. The minimum Gasteiger partial charge on any atom is -0.380 e. The molecule has 1 unspecified atom stereocenters. The molecule has 0 bridgehead atoms. The van der Waals surface area contributed by atoms with Gasteiger partial charge in [-0.15, -0.1) is 11.3 Å². The van der Waals surface area contributed by atoms with Crippen molar-refractivity contribution in [2.24, 2.45) is 0 Å². The predicted octanol–water partition coefficient (Wildman–Crippen LogP) is 6.83. The second-order valence-electron chi connectivity index (χ2n) is 10.3. The zero-order chi connectivity index (χ0) is 29.8. The smallest absolute Gasteiger partial charge is 0.266 e. The van der Waals surface area contributed by atoms with Crippen LogP contribution in [-0.4, -0.2) is 45.1 Å². The molecule has 0 saturated carbocycles. The lowest BCUT2D eigenvalue weighted by Gasteiger charge is -2.30. The van der Waals surface area contributed by atoms with Crippen molar-refractivity contribution in [3.8, 4) is 16.8 Å². The van der Waals surface area contributed by atoms with Crippen molar-refractivity contribution in [3.63, 3.8) is 0 Å². The summed E-state index contributed by atoms with van der Waals surface area (Å²) in [6, 6.07) is 30.8. The van der Waals surface area contributed by atoms with Crippen molar-refractivity contribution in [2.75, 3.05) is 19.8 Å². The molecule has 4 aromatic carbocycles. The highest BCUT2D eigenvalue weighted by atomic mass is 32.1. The first-order valence-corrected chi connectivity index (χ1v) is 15.3. The fourth-order valence-electron chi connectivity index (χ4n) is 5.37. The molecule has 7 nitrogen and oxygen atoms in total. The molecule has 0 spiro atoms. The fourth-order valence-corrected chi connectivity index (χ4v) is 6.08. The molecule has 2 heterocycles. The third-order valence-electron chi connectivity index (χ3n) is 7.63. The van der Waals surface area contributed by atoms with Crippen LogP contribution in [0.5, 0.6) is 0 Å². The summed E-state index contributed by atoms with van der Waals surface area (Å²) in [7, 11) is 0. The Hall–Kier alpha value is -4.66. The Morgan fingerprint density at radius 3 is 2.47 bits per heavy atom. The number of hydrogen-bond donors (Lipinski definition) is 0. The lowest BCUT2D eigenvalue weighted by atomic mass is 10.0. The van der Waals surface area contributed by atoms with E-state index in [2.05, 4.69) is 17.1 Å². The van der Waals surface area contributed by atoms with Gasteiger partial charge in [0, 0.05) is 13.2 Å². The Kier molecular flexibility index (Phi) is 8.40. The summed E-state index contributed by atoms with van der Waals surface area (Å²) in [6.45, 7) is 5.16. The summed E-state index contributed by atoms with van der Waals surface area (Å²) in [5.41, 5.74) is 6.92. The van der Waals surface area contributed by atoms with Crippen molar-refractivity contribution in [1.29, 1.82) is 0 Å². The number of benzene rings is 4. The van der Waals surface area contributed by atoms with Gasteiger partial charge in [0.1, 0.15) is 5.82 Å². The van der Waals surface area contributed by atoms with E-state index in [9.17, 15) is 9.59 Å². The van der Waals surface area contributed by atoms with Crippen LogP contribution in [0.4, 0.5) is 0 Å². The van der Waals surface area contributed by atoms with E-state index >= 15 is 0 Å². The molecule has 0 radical (unpaired) electrons. The van der Waals surface area contributed by atoms with Crippen LogP contribution < -0.4 is 5.56 Å². The molecule has 0 aliphatic carbocycles. The van der Waals surface area contributed by atoms with Crippen LogP contribution in [0.25, 0.3) is 37.9 Å². The zero-order valence-electron chi connectivity index (χ0n) is 24.1. The molecule has 216 valence electrons. The predicted molar refractivity (Wildman–Crippen MR) is 173 cm³/mol. The molecule has 6 aromatic rings. The molecule has 1 atom stereocenters. The average Bonchev–Trinajstić information content (AvgIpc) is 3.52. The van der Waals surface area contributed by atoms with Crippen LogP contribution in [0.3, 0.4) is 0 Å². The van der Waals surface area contributed by atoms with Crippen LogP contribution in [0.2, 0.25) is 0 Å². The number of para-hydroxylation sites is 1. The molecular weight excluding hydrogens is 556 g/mol. The third kappa shape index (κ3) is 5.98. The van der Waals surface area contributed by atoms with Crippen LogP contribution in [0.1, 0.15) is 31.3 Å². The second-order valence-corrected chi connectivity index (χ2v) is 11.2. The molecule has 43 heavy (non-hydrogen) atoms. The van der Waals surface area contributed by atoms with Gasteiger partial charge in [0.05, 0.1) is 51.4 Å². The molecule has 2 aromatic heterocycles. The molecule has 0 saturated heterocycles. The molecule has 0 N–H and O–H groups in total. The van der Waals surface area contributed by atoms with E-state index in [0.717, 1.165) is 26.9 Å². The summed E-state index contributed by atoms with van der Waals surface area (Å²) in [6.07, 6.45) is 0.218. The van der Waals surface area contributed by atoms with Gasteiger partial charge in [-0.05, 0) is 60.9 Å². The number of thiazole rings is 1. The first-order valence-electron chi connectivity index (χ1n) is 14.4. The summed E-state index contributed by atoms with van der Waals surface area (Å²) in [5.74, 6) is 0.434. The van der Waals surface area contributed by atoms with E-state index in [-0.39, 0.29) is 17.9 Å². The lowest BCUT2D eigenvalue weighted by molar-refractivity contribution is -0.133. The maximum absolute atomic E-state index is 14.0. The minimum atomic E-state index is -0.508. The van der Waals surface area contributed by atoms with Crippen LogP contribution in [-0.2, 0) is 16.0 Å². The first kappa shape index (κ1) is 28.5. The highest BCUT2D eigenvalue weighted by molar-refractivity contribution is 7.16. The monoisotopic (exact) mass is 588 g/mol. The maximum Gasteiger partial charge on any atom is 0.266 e. The van der Waals surface area contributed by atoms with Gasteiger partial charge >= 0.3 is 0 Å². The number of aromatic nitrogens is 3. The van der Waals surface area contributed by atoms with E-state index in [4.69, 9.17) is 9.72 Å². The van der Waals surface area contributed by atoms with E-state index < -0.39 is 6.04 Å². The number of fused-ring (bicyclic) bond motifs is 2. The summed E-state index contributed by atoms with van der Waals surface area (Å²) >= 11 is 1.52. The van der Waals surface area contributed by atoms with Gasteiger partial charge in [-0.3, -0.25) is 14.2 Å². The van der Waals surface area contributed by atoms with Crippen molar-refractivity contribution in [1.82, 2.24) is 19.4 Å². The largest absolute Gasteiger partial charge is 0.380 e. The molecule has 0 aliphatic rings. The van der Waals surface area contributed by atoms with Crippen molar-refractivity contribution < 1.29 is 9.53 Å². The van der Waals surface area contributed by atoms with Crippen molar-refractivity contribution in [2.45, 2.75) is 26.3 Å². The summed E-state index contributed by atoms with van der Waals surface area (Å²) in [4.78, 5) is 39.1. The summed E-state index contributed by atoms with van der Waals surface area (Å²) < 4.78 is 8.29. The van der Waals surface area contributed by atoms with Gasteiger partial charge in [-0.1, -0.05) is 66.7 Å². The van der Waals surface area contributed by atoms with Crippen LogP contribution in [0.15, 0.2) is 107 Å². The lowest BCUT2D eigenvalue weighted by Crippen LogP contribution is -2.40. The Balaban J connectivity index is 1.38. The van der Waals surface area contributed by atoms with Crippen LogP contribution >= 0.6 is 11.3 Å². The highest BCUT2D eigenvalue weighted by Crippen LogP contribution is 2.27. The Morgan fingerprint density at radius 1 is 0.930 bits per heavy atom. The number of ether oxygens (including phenoxy) is 1. The third-order valence-corrected chi connectivity index (χ3v) is 8.43. The Morgan fingerprint density at radius 2 is 1.67 bits per heavy atom. The van der Waals surface area contributed by atoms with E-state index in [1.165, 1.54) is 11.3 Å². The van der Waals surface area contributed by atoms with E-state index in [1.54, 1.807) is 21.0 Å². The maximum atomic E-state index is 14.0. The highest BCUT2D eigenvalue weighted by Gasteiger charge is 2.27. The van der Waals surface area contributed by atoms with Gasteiger partial charge in [0.25, 0.3) is 5.56 Å². The fraction of sp³-hybridized carbons (Fsp3) is 0.200. The number of hydrogen-bond acceptors (Lipinski definition) is 6. The second kappa shape index (κ2) is 12.7. The molecule has 8 heteroatoms. The minimum absolute atomic E-state index is 0.0634. The van der Waals surface area contributed by atoms with E-state index in [1.807, 2.05) is 92.7 Å². The number of carbonyl (C=O) groups is 1. The van der Waals surface area contributed by atoms with Crippen molar-refractivity contribution >= 4 is 38.4 Å². The summed E-state index contributed by atoms with van der Waals surface area (Å²) in [5, 5.41) is 0.522. The number of carbonyl (C=O) groups excluding carboxylic acids is 1. The van der Waals surface area contributed by atoms with Gasteiger partial charge in [-0.2, -0.15) is 0 Å². The number of rotatable bonds is 10. The normalized spacial score (nSPS) is 12.0. The molecule has 1 amide bonds. The van der Waals surface area contributed by atoms with Gasteiger partial charge < -0.3 is 9.64 Å². The number of amides is 1. The topological polar surface area (TPSA) is 77.3 Å². The average molecular weight is 589 g/mol. The SMILES string of the molecule is CCOCCN(C(=O)Cc1ccc(-c2ccccc2)cc1)C(C)c1nc2ccccc2c(=O)n1-c1ccc2ncsc2c1. The van der Waals surface area contributed by atoms with Crippen molar-refractivity contribution in [3.05, 3.63) is 124 Å². The standard InChI is InChI=1S/C35H32N4O3S/c1-3-42-20-19-38(33(40)21-25-13-15-27(16-14-25)26-9-5-4-6-10-26)24(2)34-37-30-12-8-7-11-29(30)35(41)39(34)28-17-18-31-32(22-28)43-23-36-31/h4-18,22-24H,3,19-21H2,1-2H3. The van der Waals surface area contributed by atoms with E-state index in [0.29, 0.717) is 42.2 Å². The van der Waals surface area contributed by atoms with Gasteiger partial charge in [-0.25, -0.2) is 9.97 Å². The van der Waals surface area contributed by atoms with Gasteiger partial charge in [0.2, 0.25) is 5.91 Å². The first-order chi connectivity index (χ1) is 21.0. The quantitative estimate of drug-likeness (QED) is 0.164. The molecule has 0 fully saturated rings. The molecular formula is C35H32N4O3S. The Labute approximate surface area is 254 Å². The van der Waals surface area contributed by atoms with Gasteiger partial charge in [0.15, 0.2) is 0 Å². The zero-order valence-corrected chi connectivity index (χ0v) is 25.0. The number of nitrogens with zero attached hydrogens (tertiary/aromatic N) is 4. The Bertz CT molecular complexity index is 1930. The van der Waals surface area contributed by atoms with Crippen LogP contribution in [0, 0.1) is 0 Å². The molecule has 6 rings (SSSR count).